The monoisotopic (exact) mass is 668 g/mol. The molecule has 3 N–H and O–H groups in total. The zero-order valence-corrected chi connectivity index (χ0v) is 25.8. The van der Waals surface area contributed by atoms with Gasteiger partial charge in [-0.3, -0.25) is 0 Å². The van der Waals surface area contributed by atoms with E-state index in [-0.39, 0.29) is 64.6 Å². The van der Waals surface area contributed by atoms with E-state index in [0.717, 1.165) is 31.2 Å². The lowest BCUT2D eigenvalue weighted by Crippen LogP contribution is -2.53. The van der Waals surface area contributed by atoms with Crippen molar-refractivity contribution >= 4 is 54.6 Å². The molecule has 5 atom stereocenters. The van der Waals surface area contributed by atoms with Crippen molar-refractivity contribution in [2.75, 3.05) is 13.2 Å². The Kier molecular flexibility index (Phi) is 11.2. The minimum absolute atomic E-state index is 0. The fourth-order valence-electron chi connectivity index (χ4n) is 5.83. The maximum Gasteiger partial charge on any atom is 0.184 e. The Balaban J connectivity index is 0.00000200. The van der Waals surface area contributed by atoms with Gasteiger partial charge in [-0.05, 0) is 59.5 Å². The van der Waals surface area contributed by atoms with Crippen molar-refractivity contribution < 1.29 is 18.3 Å². The molecule has 38 heavy (non-hydrogen) atoms. The highest BCUT2D eigenvalue weighted by Gasteiger charge is 2.57. The molecule has 208 valence electrons. The van der Waals surface area contributed by atoms with Gasteiger partial charge >= 0.3 is 0 Å². The zero-order chi connectivity index (χ0) is 25.1. The van der Waals surface area contributed by atoms with E-state index < -0.39 is 15.1 Å². The number of fused-ring (bicyclic) bond motifs is 3. The van der Waals surface area contributed by atoms with Crippen LogP contribution in [0, 0.1) is 5.92 Å². The summed E-state index contributed by atoms with van der Waals surface area (Å²) in [5, 5.41) is 18.7. The number of unbranched alkanes of at least 4 members (excludes halogenated alkanes) is 2. The summed E-state index contributed by atoms with van der Waals surface area (Å²) in [6, 6.07) is 20.9. The van der Waals surface area contributed by atoms with Gasteiger partial charge in [-0.15, -0.1) is 34.0 Å². The van der Waals surface area contributed by atoms with Crippen LogP contribution in [-0.4, -0.2) is 50.1 Å². The van der Waals surface area contributed by atoms with E-state index in [1.54, 1.807) is 24.3 Å². The second kappa shape index (κ2) is 13.7. The number of rotatable bonds is 11. The summed E-state index contributed by atoms with van der Waals surface area (Å²) >= 11 is 0. The van der Waals surface area contributed by atoms with Crippen molar-refractivity contribution in [3.8, 4) is 5.75 Å². The lowest BCUT2D eigenvalue weighted by molar-refractivity contribution is 0.195. The normalized spacial score (nSPS) is 24.1. The minimum atomic E-state index is -3.64. The summed E-state index contributed by atoms with van der Waals surface area (Å²) in [5.41, 5.74) is 1.12. The van der Waals surface area contributed by atoms with Crippen LogP contribution in [0.25, 0.3) is 10.8 Å². The number of hydrogen-bond donors (Lipinski definition) is 3. The number of ether oxygens (including phenoxy) is 1. The lowest BCUT2D eigenvalue weighted by Gasteiger charge is -2.34. The molecule has 2 bridgehead atoms. The molecule has 0 aliphatic carbocycles. The molecule has 0 aromatic heterocycles. The standard InChI is InChI=1S/C29H36N2O4S.2BrH/c1-2-3-6-15-35-24-11-13-25(14-12-24)36(33,34)29-27-23(19-32)17-26(31-27)28(29)30-18-20-9-10-21-7-4-5-8-22(21)16-20;;/h4-5,7-14,16,23,26-32H,2-3,6,15,17-19H2,1H3;2*1H/t23-,26-,27+,28-,29-;;/m1../s1. The van der Waals surface area contributed by atoms with Crippen LogP contribution in [0.2, 0.25) is 0 Å². The molecule has 2 saturated heterocycles. The van der Waals surface area contributed by atoms with Crippen LogP contribution in [0.15, 0.2) is 71.6 Å². The lowest BCUT2D eigenvalue weighted by atomic mass is 9.86. The Morgan fingerprint density at radius 1 is 1.00 bits per heavy atom. The third kappa shape index (κ3) is 6.45. The maximum absolute atomic E-state index is 13.9. The number of aliphatic hydroxyl groups excluding tert-OH is 1. The fraction of sp³-hybridized carbons (Fsp3) is 0.448. The van der Waals surface area contributed by atoms with Crippen LogP contribution >= 0.6 is 34.0 Å². The van der Waals surface area contributed by atoms with Gasteiger partial charge in [0.05, 0.1) is 16.8 Å². The number of sulfone groups is 1. The van der Waals surface area contributed by atoms with Gasteiger partial charge in [0, 0.05) is 37.2 Å². The smallest absolute Gasteiger partial charge is 0.184 e. The first-order chi connectivity index (χ1) is 17.5. The zero-order valence-electron chi connectivity index (χ0n) is 21.6. The summed E-state index contributed by atoms with van der Waals surface area (Å²) in [4.78, 5) is 0.303. The van der Waals surface area contributed by atoms with Crippen LogP contribution in [0.3, 0.4) is 0 Å². The highest BCUT2D eigenvalue weighted by Crippen LogP contribution is 2.40. The molecule has 2 fully saturated rings. The van der Waals surface area contributed by atoms with Gasteiger partial charge < -0.3 is 20.5 Å². The molecular formula is C29H38Br2N2O4S. The summed E-state index contributed by atoms with van der Waals surface area (Å²) in [7, 11) is -3.64. The first-order valence-corrected chi connectivity index (χ1v) is 14.6. The first-order valence-electron chi connectivity index (χ1n) is 13.1. The molecule has 3 aromatic rings. The van der Waals surface area contributed by atoms with E-state index in [2.05, 4.69) is 47.9 Å². The van der Waals surface area contributed by atoms with Gasteiger partial charge in [0.1, 0.15) is 5.75 Å². The van der Waals surface area contributed by atoms with Crippen LogP contribution in [0.1, 0.15) is 38.2 Å². The number of nitrogens with one attached hydrogen (secondary N) is 2. The molecule has 0 amide bonds. The first kappa shape index (κ1) is 31.0. The van der Waals surface area contributed by atoms with E-state index in [1.807, 2.05) is 12.1 Å². The van der Waals surface area contributed by atoms with Gasteiger partial charge in [-0.2, -0.15) is 0 Å². The maximum atomic E-state index is 13.9. The van der Waals surface area contributed by atoms with Crippen molar-refractivity contribution in [1.29, 1.82) is 0 Å². The summed E-state index contributed by atoms with van der Waals surface area (Å²) in [6.45, 7) is 3.35. The van der Waals surface area contributed by atoms with Crippen LogP contribution in [0.5, 0.6) is 5.75 Å². The number of aliphatic hydroxyl groups is 1. The van der Waals surface area contributed by atoms with E-state index in [1.165, 1.54) is 10.8 Å². The molecule has 0 saturated carbocycles. The summed E-state index contributed by atoms with van der Waals surface area (Å²) in [6.07, 6.45) is 4.00. The van der Waals surface area contributed by atoms with Crippen LogP contribution < -0.4 is 15.4 Å². The Bertz CT molecular complexity index is 1290. The average Bonchev–Trinajstić information content (AvgIpc) is 3.49. The Labute approximate surface area is 247 Å². The molecule has 0 radical (unpaired) electrons. The van der Waals surface area contributed by atoms with Gasteiger partial charge in [0.2, 0.25) is 0 Å². The summed E-state index contributed by atoms with van der Waals surface area (Å²) in [5.74, 6) is 0.630. The molecule has 9 heteroatoms. The Hall–Kier alpha value is -1.49. The number of hydrogen-bond acceptors (Lipinski definition) is 6. The SMILES string of the molecule is Br.Br.CCCCCOc1ccc(S(=O)(=O)[C@@H]2[C@H]3N[C@H](C[C@@H]3CO)[C@H]2NCc2ccc3ccccc3c2)cc1. The van der Waals surface area contributed by atoms with E-state index in [4.69, 9.17) is 4.74 Å². The second-order valence-electron chi connectivity index (χ2n) is 10.1. The van der Waals surface area contributed by atoms with E-state index in [9.17, 15) is 13.5 Å². The number of benzene rings is 3. The third-order valence-electron chi connectivity index (χ3n) is 7.73. The van der Waals surface area contributed by atoms with Crippen LogP contribution in [0.4, 0.5) is 0 Å². The molecule has 2 heterocycles. The molecule has 2 aliphatic rings. The largest absolute Gasteiger partial charge is 0.494 e. The van der Waals surface area contributed by atoms with Crippen molar-refractivity contribution in [2.24, 2.45) is 5.92 Å². The number of halogens is 2. The van der Waals surface area contributed by atoms with Gasteiger partial charge in [0.15, 0.2) is 9.84 Å². The van der Waals surface area contributed by atoms with Gasteiger partial charge in [0.25, 0.3) is 0 Å². The predicted octanol–water partition coefficient (Wildman–Crippen LogP) is 5.22. The Morgan fingerprint density at radius 2 is 1.74 bits per heavy atom. The molecular weight excluding hydrogens is 632 g/mol. The van der Waals surface area contributed by atoms with Crippen LogP contribution in [-0.2, 0) is 16.4 Å². The van der Waals surface area contributed by atoms with Crippen molar-refractivity contribution in [3.05, 3.63) is 72.3 Å². The molecule has 3 aromatic carbocycles. The van der Waals surface area contributed by atoms with Crippen molar-refractivity contribution in [3.63, 3.8) is 0 Å². The van der Waals surface area contributed by atoms with Crippen molar-refractivity contribution in [2.45, 2.75) is 67.4 Å². The van der Waals surface area contributed by atoms with Crippen molar-refractivity contribution in [1.82, 2.24) is 10.6 Å². The Morgan fingerprint density at radius 3 is 2.45 bits per heavy atom. The second-order valence-corrected chi connectivity index (χ2v) is 12.2. The molecule has 0 unspecified atom stereocenters. The topological polar surface area (TPSA) is 87.7 Å². The highest BCUT2D eigenvalue weighted by atomic mass is 79.9. The fourth-order valence-corrected chi connectivity index (χ4v) is 8.02. The highest BCUT2D eigenvalue weighted by molar-refractivity contribution is 8.93. The minimum Gasteiger partial charge on any atom is -0.494 e. The predicted molar refractivity (Wildman–Crippen MR) is 164 cm³/mol. The molecule has 2 aliphatic heterocycles. The van der Waals surface area contributed by atoms with Gasteiger partial charge in [-0.25, -0.2) is 8.42 Å². The van der Waals surface area contributed by atoms with E-state index in [0.29, 0.717) is 23.8 Å². The molecule has 5 rings (SSSR count). The average molecular weight is 671 g/mol. The summed E-state index contributed by atoms with van der Waals surface area (Å²) < 4.78 is 33.6. The third-order valence-corrected chi connectivity index (χ3v) is 9.96. The quantitative estimate of drug-likeness (QED) is 0.243. The van der Waals surface area contributed by atoms with E-state index >= 15 is 0 Å². The molecule has 6 nitrogen and oxygen atoms in total. The van der Waals surface area contributed by atoms with Gasteiger partial charge in [-0.1, -0.05) is 56.2 Å². The molecule has 0 spiro atoms.